The summed E-state index contributed by atoms with van der Waals surface area (Å²) in [5.74, 6) is 0.482. The van der Waals surface area contributed by atoms with Gasteiger partial charge in [-0.1, -0.05) is 11.6 Å². The number of anilines is 1. The second-order valence-electron chi connectivity index (χ2n) is 4.30. The molecule has 0 spiro atoms. The Labute approximate surface area is 128 Å². The van der Waals surface area contributed by atoms with Gasteiger partial charge in [-0.15, -0.1) is 12.6 Å². The molecule has 5 heteroatoms. The first-order chi connectivity index (χ1) is 9.51. The van der Waals surface area contributed by atoms with Crippen molar-refractivity contribution in [3.63, 3.8) is 0 Å². The van der Waals surface area contributed by atoms with E-state index in [1.54, 1.807) is 37.4 Å². The predicted octanol–water partition coefficient (Wildman–Crippen LogP) is 4.20. The number of carbonyl (C=O) groups excluding carboxylic acids is 1. The number of hydrogen-bond acceptors (Lipinski definition) is 3. The molecule has 1 N–H and O–H groups in total. The number of thiol groups is 1. The molecular formula is C15H14ClNO2S. The second kappa shape index (κ2) is 6.20. The summed E-state index contributed by atoms with van der Waals surface area (Å²) in [6, 6.07) is 10.5. The Bertz CT molecular complexity index is 658. The topological polar surface area (TPSA) is 38.3 Å². The zero-order valence-electron chi connectivity index (χ0n) is 11.1. The normalized spacial score (nSPS) is 10.2. The first-order valence-corrected chi connectivity index (χ1v) is 6.78. The molecule has 20 heavy (non-hydrogen) atoms. The summed E-state index contributed by atoms with van der Waals surface area (Å²) in [7, 11) is 1.60. The van der Waals surface area contributed by atoms with Crippen LogP contribution >= 0.6 is 24.2 Å². The highest BCUT2D eigenvalue weighted by atomic mass is 35.5. The van der Waals surface area contributed by atoms with Crippen LogP contribution in [0.1, 0.15) is 15.9 Å². The van der Waals surface area contributed by atoms with Crippen LogP contribution < -0.4 is 10.1 Å². The van der Waals surface area contributed by atoms with Crippen molar-refractivity contribution in [1.29, 1.82) is 0 Å². The lowest BCUT2D eigenvalue weighted by Gasteiger charge is -2.11. The van der Waals surface area contributed by atoms with Crippen molar-refractivity contribution in [3.8, 4) is 5.75 Å². The van der Waals surface area contributed by atoms with Gasteiger partial charge in [0.25, 0.3) is 5.91 Å². The van der Waals surface area contributed by atoms with Gasteiger partial charge in [-0.05, 0) is 48.9 Å². The van der Waals surface area contributed by atoms with E-state index in [1.165, 1.54) is 0 Å². The zero-order valence-corrected chi connectivity index (χ0v) is 12.8. The van der Waals surface area contributed by atoms with Gasteiger partial charge in [-0.2, -0.15) is 0 Å². The Hall–Kier alpha value is -1.65. The Morgan fingerprint density at radius 2 is 2.00 bits per heavy atom. The largest absolute Gasteiger partial charge is 0.497 e. The van der Waals surface area contributed by atoms with Gasteiger partial charge in [0, 0.05) is 10.6 Å². The first-order valence-electron chi connectivity index (χ1n) is 5.96. The van der Waals surface area contributed by atoms with E-state index in [4.69, 9.17) is 16.3 Å². The number of nitrogens with one attached hydrogen (secondary N) is 1. The maximum atomic E-state index is 12.2. The average molecular weight is 308 g/mol. The zero-order chi connectivity index (χ0) is 14.7. The van der Waals surface area contributed by atoms with Gasteiger partial charge in [0.05, 0.1) is 17.7 Å². The summed E-state index contributed by atoms with van der Waals surface area (Å²) in [6.07, 6.45) is 0. The molecule has 0 saturated heterocycles. The molecule has 0 atom stereocenters. The van der Waals surface area contributed by atoms with Crippen LogP contribution in [-0.2, 0) is 0 Å². The molecular weight excluding hydrogens is 294 g/mol. The minimum Gasteiger partial charge on any atom is -0.497 e. The van der Waals surface area contributed by atoms with Gasteiger partial charge in [-0.25, -0.2) is 0 Å². The van der Waals surface area contributed by atoms with E-state index in [9.17, 15) is 4.79 Å². The number of benzene rings is 2. The number of amides is 1. The quantitative estimate of drug-likeness (QED) is 0.834. The Kier molecular flexibility index (Phi) is 4.57. The molecule has 0 radical (unpaired) electrons. The third kappa shape index (κ3) is 3.26. The molecule has 1 amide bonds. The van der Waals surface area contributed by atoms with Crippen LogP contribution in [0.5, 0.6) is 5.75 Å². The van der Waals surface area contributed by atoms with Gasteiger partial charge < -0.3 is 10.1 Å². The monoisotopic (exact) mass is 307 g/mol. The Balaban J connectivity index is 2.25. The van der Waals surface area contributed by atoms with Gasteiger partial charge in [-0.3, -0.25) is 4.79 Å². The molecule has 0 aliphatic carbocycles. The standard InChI is InChI=1S/C15H14ClNO2S/c1-9-7-10(19-2)3-6-14(9)17-15(18)12-8-11(20)4-5-13(12)16/h3-8,20H,1-2H3,(H,17,18). The molecule has 0 aliphatic rings. The van der Waals surface area contributed by atoms with E-state index >= 15 is 0 Å². The molecule has 0 aromatic heterocycles. The fraction of sp³-hybridized carbons (Fsp3) is 0.133. The predicted molar refractivity (Wildman–Crippen MR) is 84.4 cm³/mol. The first kappa shape index (κ1) is 14.8. The van der Waals surface area contributed by atoms with Crippen LogP contribution in [0, 0.1) is 6.92 Å². The molecule has 2 rings (SSSR count). The molecule has 0 saturated carbocycles. The van der Waals surface area contributed by atoms with Crippen LogP contribution in [0.25, 0.3) is 0 Å². The number of aryl methyl sites for hydroxylation is 1. The van der Waals surface area contributed by atoms with Crippen LogP contribution in [0.15, 0.2) is 41.3 Å². The average Bonchev–Trinajstić information content (AvgIpc) is 2.43. The molecule has 0 bridgehead atoms. The third-order valence-electron chi connectivity index (χ3n) is 2.88. The number of hydrogen-bond donors (Lipinski definition) is 2. The molecule has 0 heterocycles. The van der Waals surface area contributed by atoms with E-state index < -0.39 is 0 Å². The van der Waals surface area contributed by atoms with Gasteiger partial charge in [0.15, 0.2) is 0 Å². The van der Waals surface area contributed by atoms with Crippen molar-refractivity contribution in [2.45, 2.75) is 11.8 Å². The summed E-state index contributed by atoms with van der Waals surface area (Å²) < 4.78 is 5.13. The van der Waals surface area contributed by atoms with Crippen molar-refractivity contribution in [1.82, 2.24) is 0 Å². The lowest BCUT2D eigenvalue weighted by atomic mass is 10.1. The maximum Gasteiger partial charge on any atom is 0.257 e. The van der Waals surface area contributed by atoms with E-state index in [-0.39, 0.29) is 5.91 Å². The summed E-state index contributed by atoms with van der Waals surface area (Å²) in [5.41, 5.74) is 2.03. The van der Waals surface area contributed by atoms with Crippen LogP contribution in [-0.4, -0.2) is 13.0 Å². The molecule has 104 valence electrons. The smallest absolute Gasteiger partial charge is 0.257 e. The molecule has 2 aromatic carbocycles. The fourth-order valence-electron chi connectivity index (χ4n) is 1.78. The molecule has 0 aliphatic heterocycles. The number of methoxy groups -OCH3 is 1. The summed E-state index contributed by atoms with van der Waals surface area (Å²) in [6.45, 7) is 1.90. The highest BCUT2D eigenvalue weighted by Gasteiger charge is 2.12. The van der Waals surface area contributed by atoms with E-state index in [2.05, 4.69) is 17.9 Å². The van der Waals surface area contributed by atoms with Crippen molar-refractivity contribution in [3.05, 3.63) is 52.5 Å². The minimum absolute atomic E-state index is 0.265. The summed E-state index contributed by atoms with van der Waals surface area (Å²) >= 11 is 10.2. The summed E-state index contributed by atoms with van der Waals surface area (Å²) in [4.78, 5) is 12.9. The molecule has 0 unspecified atom stereocenters. The van der Waals surface area contributed by atoms with E-state index in [0.29, 0.717) is 15.5 Å². The van der Waals surface area contributed by atoms with Crippen LogP contribution in [0.4, 0.5) is 5.69 Å². The molecule has 2 aromatic rings. The van der Waals surface area contributed by atoms with Crippen LogP contribution in [0.2, 0.25) is 5.02 Å². The van der Waals surface area contributed by atoms with Crippen molar-refractivity contribution in [2.75, 3.05) is 12.4 Å². The SMILES string of the molecule is COc1ccc(NC(=O)c2cc(S)ccc2Cl)c(C)c1. The van der Waals surface area contributed by atoms with Gasteiger partial charge >= 0.3 is 0 Å². The Morgan fingerprint density at radius 1 is 1.25 bits per heavy atom. The number of carbonyl (C=O) groups is 1. The van der Waals surface area contributed by atoms with Gasteiger partial charge in [0.2, 0.25) is 0 Å². The lowest BCUT2D eigenvalue weighted by Crippen LogP contribution is -2.13. The molecule has 0 fully saturated rings. The third-order valence-corrected chi connectivity index (χ3v) is 3.48. The minimum atomic E-state index is -0.265. The van der Waals surface area contributed by atoms with Gasteiger partial charge in [0.1, 0.15) is 5.75 Å². The fourth-order valence-corrected chi connectivity index (χ4v) is 2.19. The van der Waals surface area contributed by atoms with Crippen molar-refractivity contribution >= 4 is 35.8 Å². The highest BCUT2D eigenvalue weighted by Crippen LogP contribution is 2.24. The maximum absolute atomic E-state index is 12.2. The van der Waals surface area contributed by atoms with E-state index in [0.717, 1.165) is 17.0 Å². The number of halogens is 1. The van der Waals surface area contributed by atoms with Crippen LogP contribution in [0.3, 0.4) is 0 Å². The Morgan fingerprint density at radius 3 is 2.65 bits per heavy atom. The highest BCUT2D eigenvalue weighted by molar-refractivity contribution is 7.80. The number of ether oxygens (including phenoxy) is 1. The van der Waals surface area contributed by atoms with E-state index in [1.807, 2.05) is 13.0 Å². The summed E-state index contributed by atoms with van der Waals surface area (Å²) in [5, 5.41) is 3.23. The number of rotatable bonds is 3. The lowest BCUT2D eigenvalue weighted by molar-refractivity contribution is 0.102. The van der Waals surface area contributed by atoms with Crippen molar-refractivity contribution in [2.24, 2.45) is 0 Å². The second-order valence-corrected chi connectivity index (χ2v) is 5.22. The molecule has 3 nitrogen and oxygen atoms in total. The van der Waals surface area contributed by atoms with Crippen molar-refractivity contribution < 1.29 is 9.53 Å².